The SMILES string of the molecule is COC(=O)C1CCNC(c2cccc(C(C)(C)C)c2)C1.COC(=O)c1ccnc(-c2cccc(C(C)(C)C)c2)c1.Cl. The maximum absolute atomic E-state index is 11.7. The van der Waals surface area contributed by atoms with E-state index >= 15 is 0 Å². The van der Waals surface area contributed by atoms with Crippen LogP contribution < -0.4 is 5.32 Å². The molecule has 0 aliphatic carbocycles. The fourth-order valence-corrected chi connectivity index (χ4v) is 4.75. The number of piperidine rings is 1. The van der Waals surface area contributed by atoms with E-state index in [1.165, 1.54) is 30.9 Å². The minimum atomic E-state index is -0.347. The number of benzene rings is 2. The number of hydrogen-bond acceptors (Lipinski definition) is 6. The smallest absolute Gasteiger partial charge is 0.337 e. The summed E-state index contributed by atoms with van der Waals surface area (Å²) in [7, 11) is 2.85. The van der Waals surface area contributed by atoms with Crippen molar-refractivity contribution >= 4 is 24.3 Å². The molecule has 1 aliphatic heterocycles. The van der Waals surface area contributed by atoms with Crippen LogP contribution in [0, 0.1) is 5.92 Å². The zero-order valence-electron chi connectivity index (χ0n) is 25.6. The summed E-state index contributed by atoms with van der Waals surface area (Å²) in [5, 5.41) is 3.52. The van der Waals surface area contributed by atoms with E-state index in [-0.39, 0.29) is 47.1 Å². The number of carbonyl (C=O) groups excluding carboxylic acids is 2. The molecule has 0 amide bonds. The standard InChI is InChI=1S/C17H25NO2.C17H19NO2.ClH/c2*1-17(2,3)14-7-5-6-12(10-14)15-11-13(8-9-18-15)16(19)20-4;/h5-7,10,13,15,18H,8-9,11H2,1-4H3;5-11H,1-4H3;1H. The van der Waals surface area contributed by atoms with Gasteiger partial charge in [-0.25, -0.2) is 4.79 Å². The molecular formula is C34H45ClN2O4. The van der Waals surface area contributed by atoms with Gasteiger partial charge in [0.2, 0.25) is 0 Å². The normalized spacial score (nSPS) is 16.9. The minimum Gasteiger partial charge on any atom is -0.469 e. The molecule has 2 unspecified atom stereocenters. The van der Waals surface area contributed by atoms with Gasteiger partial charge in [-0.2, -0.15) is 0 Å². The summed E-state index contributed by atoms with van der Waals surface area (Å²) in [6.07, 6.45) is 3.31. The van der Waals surface area contributed by atoms with E-state index in [9.17, 15) is 9.59 Å². The van der Waals surface area contributed by atoms with Crippen LogP contribution in [0.3, 0.4) is 0 Å². The van der Waals surface area contributed by atoms with Crippen LogP contribution in [0.2, 0.25) is 0 Å². The number of carbonyl (C=O) groups is 2. The topological polar surface area (TPSA) is 77.5 Å². The quantitative estimate of drug-likeness (QED) is 0.323. The highest BCUT2D eigenvalue weighted by atomic mass is 35.5. The molecule has 41 heavy (non-hydrogen) atoms. The van der Waals surface area contributed by atoms with Gasteiger partial charge in [0.1, 0.15) is 0 Å². The summed E-state index contributed by atoms with van der Waals surface area (Å²) in [6, 6.07) is 20.6. The van der Waals surface area contributed by atoms with Gasteiger partial charge < -0.3 is 14.8 Å². The first-order valence-corrected chi connectivity index (χ1v) is 13.9. The molecule has 1 saturated heterocycles. The number of halogens is 1. The molecule has 0 bridgehead atoms. The van der Waals surface area contributed by atoms with Crippen molar-refractivity contribution in [1.29, 1.82) is 0 Å². The molecule has 1 N–H and O–H groups in total. The predicted octanol–water partition coefficient (Wildman–Crippen LogP) is 7.45. The van der Waals surface area contributed by atoms with E-state index in [1.54, 1.807) is 18.3 Å². The van der Waals surface area contributed by atoms with Gasteiger partial charge in [0, 0.05) is 17.8 Å². The summed E-state index contributed by atoms with van der Waals surface area (Å²) in [4.78, 5) is 27.6. The first-order chi connectivity index (χ1) is 18.8. The van der Waals surface area contributed by atoms with Crippen LogP contribution in [0.15, 0.2) is 66.9 Å². The van der Waals surface area contributed by atoms with Gasteiger partial charge in [0.25, 0.3) is 0 Å². The molecule has 2 heterocycles. The van der Waals surface area contributed by atoms with Crippen LogP contribution in [0.25, 0.3) is 11.3 Å². The first-order valence-electron chi connectivity index (χ1n) is 13.9. The third-order valence-corrected chi connectivity index (χ3v) is 7.30. The largest absolute Gasteiger partial charge is 0.469 e. The Labute approximate surface area is 251 Å². The number of methoxy groups -OCH3 is 2. The summed E-state index contributed by atoms with van der Waals surface area (Å²) in [6.45, 7) is 14.0. The average molecular weight is 581 g/mol. The van der Waals surface area contributed by atoms with Crippen molar-refractivity contribution < 1.29 is 19.1 Å². The van der Waals surface area contributed by atoms with Gasteiger partial charge >= 0.3 is 11.9 Å². The minimum absolute atomic E-state index is 0. The maximum Gasteiger partial charge on any atom is 0.337 e. The third kappa shape index (κ3) is 9.40. The summed E-state index contributed by atoms with van der Waals surface area (Å²) in [5.41, 5.74) is 6.35. The van der Waals surface area contributed by atoms with Crippen LogP contribution in [-0.4, -0.2) is 37.7 Å². The Hall–Kier alpha value is -3.22. The number of aromatic nitrogens is 1. The van der Waals surface area contributed by atoms with Crippen LogP contribution in [0.1, 0.15) is 87.5 Å². The number of rotatable bonds is 4. The van der Waals surface area contributed by atoms with Crippen molar-refractivity contribution in [3.8, 4) is 11.3 Å². The van der Waals surface area contributed by atoms with Crippen LogP contribution in [-0.2, 0) is 25.1 Å². The molecule has 0 saturated carbocycles. The summed E-state index contributed by atoms with van der Waals surface area (Å²) in [5.74, 6) is -0.409. The number of pyridine rings is 1. The van der Waals surface area contributed by atoms with Crippen molar-refractivity contribution in [1.82, 2.24) is 10.3 Å². The Morgan fingerprint density at radius 1 is 0.854 bits per heavy atom. The molecule has 0 radical (unpaired) electrons. The van der Waals surface area contributed by atoms with E-state index < -0.39 is 0 Å². The van der Waals surface area contributed by atoms with Gasteiger partial charge in [-0.3, -0.25) is 9.78 Å². The lowest BCUT2D eigenvalue weighted by atomic mass is 9.83. The summed E-state index contributed by atoms with van der Waals surface area (Å²) < 4.78 is 9.62. The molecular weight excluding hydrogens is 536 g/mol. The van der Waals surface area contributed by atoms with E-state index in [0.717, 1.165) is 30.6 Å². The van der Waals surface area contributed by atoms with Crippen molar-refractivity contribution in [3.05, 3.63) is 89.1 Å². The lowest BCUT2D eigenvalue weighted by molar-refractivity contribution is -0.146. The highest BCUT2D eigenvalue weighted by molar-refractivity contribution is 5.90. The van der Waals surface area contributed by atoms with Gasteiger partial charge in [-0.05, 0) is 65.1 Å². The number of ether oxygens (including phenoxy) is 2. The van der Waals surface area contributed by atoms with Crippen molar-refractivity contribution in [2.24, 2.45) is 5.92 Å². The van der Waals surface area contributed by atoms with Crippen LogP contribution in [0.5, 0.6) is 0 Å². The number of hydrogen-bond donors (Lipinski definition) is 1. The lowest BCUT2D eigenvalue weighted by Gasteiger charge is -2.30. The Morgan fingerprint density at radius 3 is 2.10 bits per heavy atom. The molecule has 0 spiro atoms. The second-order valence-electron chi connectivity index (χ2n) is 12.4. The Bertz CT molecular complexity index is 1310. The Balaban J connectivity index is 0.000000280. The molecule has 222 valence electrons. The van der Waals surface area contributed by atoms with Gasteiger partial charge in [-0.1, -0.05) is 84.0 Å². The second kappa shape index (κ2) is 14.6. The molecule has 2 atom stereocenters. The molecule has 6 nitrogen and oxygen atoms in total. The monoisotopic (exact) mass is 580 g/mol. The zero-order valence-corrected chi connectivity index (χ0v) is 26.4. The maximum atomic E-state index is 11.7. The molecule has 3 aromatic rings. The van der Waals surface area contributed by atoms with Gasteiger partial charge in [0.15, 0.2) is 0 Å². The highest BCUT2D eigenvalue weighted by Gasteiger charge is 2.29. The molecule has 1 aromatic heterocycles. The number of esters is 2. The fourth-order valence-electron chi connectivity index (χ4n) is 4.75. The Kier molecular flexibility index (Phi) is 12.1. The van der Waals surface area contributed by atoms with Crippen molar-refractivity contribution in [3.63, 3.8) is 0 Å². The van der Waals surface area contributed by atoms with Crippen LogP contribution in [0.4, 0.5) is 0 Å². The van der Waals surface area contributed by atoms with E-state index in [0.29, 0.717) is 5.56 Å². The average Bonchev–Trinajstić information content (AvgIpc) is 2.96. The first kappa shape index (κ1) is 34.0. The van der Waals surface area contributed by atoms with Crippen LogP contribution >= 0.6 is 12.4 Å². The van der Waals surface area contributed by atoms with E-state index in [4.69, 9.17) is 9.47 Å². The van der Waals surface area contributed by atoms with Gasteiger partial charge in [-0.15, -0.1) is 12.4 Å². The number of nitrogens with zero attached hydrogens (tertiary/aromatic N) is 1. The second-order valence-corrected chi connectivity index (χ2v) is 12.4. The Morgan fingerprint density at radius 2 is 1.49 bits per heavy atom. The van der Waals surface area contributed by atoms with Gasteiger partial charge in [0.05, 0.1) is 31.4 Å². The third-order valence-electron chi connectivity index (χ3n) is 7.30. The van der Waals surface area contributed by atoms with E-state index in [2.05, 4.69) is 88.2 Å². The van der Waals surface area contributed by atoms with E-state index in [1.807, 2.05) is 12.1 Å². The molecule has 1 fully saturated rings. The molecule has 2 aromatic carbocycles. The van der Waals surface area contributed by atoms with Crippen molar-refractivity contribution in [2.75, 3.05) is 20.8 Å². The number of nitrogens with one attached hydrogen (secondary N) is 1. The van der Waals surface area contributed by atoms with Crippen molar-refractivity contribution in [2.45, 2.75) is 71.3 Å². The predicted molar refractivity (Wildman–Crippen MR) is 168 cm³/mol. The molecule has 7 heteroatoms. The molecule has 4 rings (SSSR count). The fraction of sp³-hybridized carbons (Fsp3) is 0.441. The zero-order chi connectivity index (χ0) is 29.5. The lowest BCUT2D eigenvalue weighted by Crippen LogP contribution is -2.35. The highest BCUT2D eigenvalue weighted by Crippen LogP contribution is 2.31. The molecule has 1 aliphatic rings. The summed E-state index contributed by atoms with van der Waals surface area (Å²) >= 11 is 0.